The predicted octanol–water partition coefficient (Wildman–Crippen LogP) is 2.30. The number of nitrogens with two attached hydrogens (primary N) is 1. The van der Waals surface area contributed by atoms with Crippen molar-refractivity contribution in [3.63, 3.8) is 0 Å². The lowest BCUT2D eigenvalue weighted by Crippen LogP contribution is -2.28. The number of carbonyl (C=O) groups excluding carboxylic acids is 1. The number of halogens is 3. The number of aromatic nitrogens is 1. The molecule has 0 radical (unpaired) electrons. The van der Waals surface area contributed by atoms with Crippen molar-refractivity contribution in [1.29, 1.82) is 0 Å². The van der Waals surface area contributed by atoms with Crippen LogP contribution in [0.5, 0.6) is 0 Å². The van der Waals surface area contributed by atoms with E-state index in [1.807, 2.05) is 6.92 Å². The molecule has 0 saturated heterocycles. The third-order valence-corrected chi connectivity index (χ3v) is 2.36. The maximum atomic E-state index is 12.0. The van der Waals surface area contributed by atoms with Crippen LogP contribution in [0.3, 0.4) is 0 Å². The summed E-state index contributed by atoms with van der Waals surface area (Å²) in [6.07, 6.45) is -3.83. The first kappa shape index (κ1) is 15.3. The van der Waals surface area contributed by atoms with Crippen LogP contribution in [0.1, 0.15) is 35.8 Å². The fraction of sp³-hybridized carbons (Fsp3) is 0.500. The summed E-state index contributed by atoms with van der Waals surface area (Å²) in [6.45, 7) is 1.50. The van der Waals surface area contributed by atoms with Crippen molar-refractivity contribution in [2.24, 2.45) is 0 Å². The molecule has 0 aliphatic heterocycles. The fourth-order valence-corrected chi connectivity index (χ4v) is 1.55. The molecule has 0 atom stereocenters. The monoisotopic (exact) mass is 275 g/mol. The van der Waals surface area contributed by atoms with Crippen LogP contribution >= 0.6 is 0 Å². The third kappa shape index (κ3) is 5.58. The first-order valence-corrected chi connectivity index (χ1v) is 5.93. The van der Waals surface area contributed by atoms with E-state index in [9.17, 15) is 18.0 Å². The molecule has 0 saturated carbocycles. The van der Waals surface area contributed by atoms with Crippen molar-refractivity contribution < 1.29 is 18.0 Å². The molecule has 1 heterocycles. The molecule has 7 heteroatoms. The highest BCUT2D eigenvalue weighted by Gasteiger charge is 2.26. The van der Waals surface area contributed by atoms with E-state index in [1.54, 1.807) is 6.07 Å². The minimum Gasteiger partial charge on any atom is -0.384 e. The second kappa shape index (κ2) is 6.40. The molecule has 0 aliphatic rings. The van der Waals surface area contributed by atoms with Gasteiger partial charge in [-0.2, -0.15) is 13.2 Å². The number of amides is 1. The van der Waals surface area contributed by atoms with Crippen molar-refractivity contribution in [1.82, 2.24) is 10.3 Å². The van der Waals surface area contributed by atoms with Gasteiger partial charge in [0.15, 0.2) is 0 Å². The first-order chi connectivity index (χ1) is 8.81. The predicted molar refractivity (Wildman–Crippen MR) is 65.6 cm³/mol. The van der Waals surface area contributed by atoms with E-state index >= 15 is 0 Å². The smallest absolute Gasteiger partial charge is 0.384 e. The normalized spacial score (nSPS) is 11.4. The summed E-state index contributed by atoms with van der Waals surface area (Å²) >= 11 is 0. The molecule has 0 unspecified atom stereocenters. The van der Waals surface area contributed by atoms with Gasteiger partial charge in [-0.3, -0.25) is 4.79 Å². The third-order valence-electron chi connectivity index (χ3n) is 2.36. The molecule has 0 aliphatic carbocycles. The molecule has 1 rings (SSSR count). The minimum atomic E-state index is -4.28. The Morgan fingerprint density at radius 2 is 2.11 bits per heavy atom. The zero-order chi connectivity index (χ0) is 14.5. The van der Waals surface area contributed by atoms with Crippen LogP contribution in [-0.4, -0.2) is 23.6 Å². The molecule has 106 valence electrons. The molecule has 0 bridgehead atoms. The Hall–Kier alpha value is -1.79. The number of aryl methyl sites for hydroxylation is 1. The molecule has 0 fully saturated rings. The number of nitrogens with zero attached hydrogens (tertiary/aromatic N) is 1. The summed E-state index contributed by atoms with van der Waals surface area (Å²) in [7, 11) is 0. The lowest BCUT2D eigenvalue weighted by atomic mass is 10.1. The van der Waals surface area contributed by atoms with Crippen LogP contribution in [0.25, 0.3) is 0 Å². The highest BCUT2D eigenvalue weighted by Crippen LogP contribution is 2.18. The van der Waals surface area contributed by atoms with E-state index < -0.39 is 25.0 Å². The van der Waals surface area contributed by atoms with Crippen molar-refractivity contribution in [2.75, 3.05) is 12.3 Å². The number of alkyl halides is 3. The number of nitrogens with one attached hydrogen (secondary N) is 1. The first-order valence-electron chi connectivity index (χ1n) is 5.93. The summed E-state index contributed by atoms with van der Waals surface area (Å²) < 4.78 is 35.9. The van der Waals surface area contributed by atoms with Gasteiger partial charge in [-0.1, -0.05) is 13.3 Å². The lowest BCUT2D eigenvalue weighted by molar-refractivity contribution is -0.132. The Bertz CT molecular complexity index is 446. The highest BCUT2D eigenvalue weighted by molar-refractivity contribution is 5.94. The lowest BCUT2D eigenvalue weighted by Gasteiger charge is -2.09. The molecular formula is C12H16F3N3O. The Balaban J connectivity index is 2.66. The van der Waals surface area contributed by atoms with Crippen LogP contribution in [0.4, 0.5) is 19.0 Å². The van der Waals surface area contributed by atoms with Crippen molar-refractivity contribution in [3.8, 4) is 0 Å². The van der Waals surface area contributed by atoms with Gasteiger partial charge in [0, 0.05) is 17.8 Å². The zero-order valence-electron chi connectivity index (χ0n) is 10.5. The molecule has 1 aromatic rings. The van der Waals surface area contributed by atoms with E-state index in [1.165, 1.54) is 6.07 Å². The van der Waals surface area contributed by atoms with E-state index in [2.05, 4.69) is 10.3 Å². The summed E-state index contributed by atoms with van der Waals surface area (Å²) in [4.78, 5) is 15.7. The van der Waals surface area contributed by atoms with Gasteiger partial charge >= 0.3 is 6.18 Å². The number of pyridine rings is 1. The SMILES string of the molecule is CCCc1cc(C(=O)NCCC(F)(F)F)cc(N)n1. The quantitative estimate of drug-likeness (QED) is 0.866. The van der Waals surface area contributed by atoms with Crippen LogP contribution < -0.4 is 11.1 Å². The van der Waals surface area contributed by atoms with E-state index in [4.69, 9.17) is 5.73 Å². The van der Waals surface area contributed by atoms with Gasteiger partial charge in [0.1, 0.15) is 5.82 Å². The second-order valence-electron chi connectivity index (χ2n) is 4.14. The largest absolute Gasteiger partial charge is 0.390 e. The summed E-state index contributed by atoms with van der Waals surface area (Å²) in [6, 6.07) is 2.89. The molecule has 1 amide bonds. The van der Waals surface area contributed by atoms with E-state index in [-0.39, 0.29) is 11.4 Å². The van der Waals surface area contributed by atoms with Crippen LogP contribution in [0.2, 0.25) is 0 Å². The van der Waals surface area contributed by atoms with Crippen molar-refractivity contribution in [3.05, 3.63) is 23.4 Å². The number of rotatable bonds is 5. The zero-order valence-corrected chi connectivity index (χ0v) is 10.5. The molecule has 19 heavy (non-hydrogen) atoms. The number of anilines is 1. The van der Waals surface area contributed by atoms with E-state index in [0.29, 0.717) is 12.1 Å². The molecular weight excluding hydrogens is 259 g/mol. The number of carbonyl (C=O) groups is 1. The molecule has 3 N–H and O–H groups in total. The molecule has 4 nitrogen and oxygen atoms in total. The van der Waals surface area contributed by atoms with Crippen LogP contribution in [0, 0.1) is 0 Å². The Morgan fingerprint density at radius 1 is 1.42 bits per heavy atom. The van der Waals surface area contributed by atoms with Gasteiger partial charge in [-0.05, 0) is 18.6 Å². The average Bonchev–Trinajstić information content (AvgIpc) is 2.26. The Morgan fingerprint density at radius 3 is 2.68 bits per heavy atom. The average molecular weight is 275 g/mol. The molecule has 0 spiro atoms. The Kier molecular flexibility index (Phi) is 5.14. The maximum absolute atomic E-state index is 12.0. The van der Waals surface area contributed by atoms with Gasteiger partial charge in [0.05, 0.1) is 6.42 Å². The minimum absolute atomic E-state index is 0.187. The maximum Gasteiger partial charge on any atom is 0.390 e. The van der Waals surface area contributed by atoms with Gasteiger partial charge in [-0.25, -0.2) is 4.98 Å². The molecule has 0 aromatic carbocycles. The van der Waals surface area contributed by atoms with Crippen molar-refractivity contribution >= 4 is 11.7 Å². The number of hydrogen-bond donors (Lipinski definition) is 2. The highest BCUT2D eigenvalue weighted by atomic mass is 19.4. The second-order valence-corrected chi connectivity index (χ2v) is 4.14. The summed E-state index contributed by atoms with van der Waals surface area (Å²) in [5, 5.41) is 2.21. The standard InChI is InChI=1S/C12H16F3N3O/c1-2-3-9-6-8(7-10(16)18-9)11(19)17-5-4-12(13,14)15/h6-7H,2-5H2,1H3,(H2,16,18)(H,17,19). The van der Waals surface area contributed by atoms with Crippen molar-refractivity contribution in [2.45, 2.75) is 32.4 Å². The Labute approximate surface area is 109 Å². The number of hydrogen-bond acceptors (Lipinski definition) is 3. The van der Waals surface area contributed by atoms with Crippen LogP contribution in [-0.2, 0) is 6.42 Å². The van der Waals surface area contributed by atoms with Gasteiger partial charge in [0.2, 0.25) is 0 Å². The molecule has 1 aromatic heterocycles. The van der Waals surface area contributed by atoms with Gasteiger partial charge < -0.3 is 11.1 Å². The van der Waals surface area contributed by atoms with E-state index in [0.717, 1.165) is 6.42 Å². The fourth-order valence-electron chi connectivity index (χ4n) is 1.55. The van der Waals surface area contributed by atoms with Gasteiger partial charge in [0.25, 0.3) is 5.91 Å². The van der Waals surface area contributed by atoms with Crippen LogP contribution in [0.15, 0.2) is 12.1 Å². The topological polar surface area (TPSA) is 68.0 Å². The summed E-state index contributed by atoms with van der Waals surface area (Å²) in [5.74, 6) is -0.386. The van der Waals surface area contributed by atoms with Gasteiger partial charge in [-0.15, -0.1) is 0 Å². The summed E-state index contributed by atoms with van der Waals surface area (Å²) in [5.41, 5.74) is 6.44. The number of nitrogen functional groups attached to an aromatic ring is 1.